The third kappa shape index (κ3) is 4.42. The van der Waals surface area contributed by atoms with Crippen molar-refractivity contribution in [1.82, 2.24) is 4.31 Å². The number of carbonyl (C=O) groups is 1. The van der Waals surface area contributed by atoms with Crippen molar-refractivity contribution in [1.29, 1.82) is 0 Å². The first-order chi connectivity index (χ1) is 7.36. The molecule has 8 heteroatoms. The standard InChI is InChI=1S/C9H18N2O4S.ClH/c1-15-9(12)8(10)7-3-5-11(6-4-7)16(2,13)14;/h7-8H,3-6,10H2,1-2H3;1H. The van der Waals surface area contributed by atoms with E-state index in [1.165, 1.54) is 17.7 Å². The molecule has 1 aliphatic heterocycles. The topological polar surface area (TPSA) is 89.7 Å². The van der Waals surface area contributed by atoms with Crippen LogP contribution in [-0.2, 0) is 19.6 Å². The average molecular weight is 287 g/mol. The van der Waals surface area contributed by atoms with E-state index in [1.54, 1.807) is 0 Å². The lowest BCUT2D eigenvalue weighted by Gasteiger charge is -2.32. The number of nitrogens with two attached hydrogens (primary N) is 1. The number of carbonyl (C=O) groups excluding carboxylic acids is 1. The second kappa shape index (κ2) is 6.53. The van der Waals surface area contributed by atoms with Gasteiger partial charge in [-0.1, -0.05) is 0 Å². The zero-order valence-electron chi connectivity index (χ0n) is 9.96. The van der Waals surface area contributed by atoms with Crippen molar-refractivity contribution in [2.45, 2.75) is 18.9 Å². The average Bonchev–Trinajstić information content (AvgIpc) is 2.26. The predicted molar refractivity (Wildman–Crippen MR) is 66.4 cm³/mol. The van der Waals surface area contributed by atoms with E-state index in [2.05, 4.69) is 4.74 Å². The minimum absolute atomic E-state index is 0. The molecule has 1 heterocycles. The Bertz CT molecular complexity index is 352. The molecule has 0 aromatic carbocycles. The Balaban J connectivity index is 0.00000256. The number of nitrogens with zero attached hydrogens (tertiary/aromatic N) is 1. The number of piperidine rings is 1. The molecular formula is C9H19ClN2O4S. The number of sulfonamides is 1. The Morgan fingerprint density at radius 2 is 1.88 bits per heavy atom. The summed E-state index contributed by atoms with van der Waals surface area (Å²) in [7, 11) is -1.83. The van der Waals surface area contributed by atoms with Gasteiger partial charge in [0.25, 0.3) is 0 Å². The van der Waals surface area contributed by atoms with Crippen LogP contribution >= 0.6 is 12.4 Å². The molecule has 0 aromatic rings. The number of ether oxygens (including phenoxy) is 1. The highest BCUT2D eigenvalue weighted by Gasteiger charge is 2.31. The number of methoxy groups -OCH3 is 1. The first-order valence-corrected chi connectivity index (χ1v) is 6.99. The lowest BCUT2D eigenvalue weighted by Crippen LogP contribution is -2.46. The van der Waals surface area contributed by atoms with Crippen molar-refractivity contribution < 1.29 is 17.9 Å². The highest BCUT2D eigenvalue weighted by molar-refractivity contribution is 7.88. The quantitative estimate of drug-likeness (QED) is 0.712. The van der Waals surface area contributed by atoms with Crippen molar-refractivity contribution in [3.05, 3.63) is 0 Å². The van der Waals surface area contributed by atoms with Crippen molar-refractivity contribution in [3.63, 3.8) is 0 Å². The van der Waals surface area contributed by atoms with Crippen LogP contribution in [0.25, 0.3) is 0 Å². The first-order valence-electron chi connectivity index (χ1n) is 5.14. The van der Waals surface area contributed by atoms with Gasteiger partial charge in [0, 0.05) is 13.1 Å². The molecule has 1 unspecified atom stereocenters. The fourth-order valence-electron chi connectivity index (χ4n) is 1.90. The molecule has 1 rings (SSSR count). The maximum absolute atomic E-state index is 11.3. The van der Waals surface area contributed by atoms with Crippen LogP contribution in [0.5, 0.6) is 0 Å². The Labute approximate surface area is 108 Å². The Kier molecular flexibility index (Phi) is 6.39. The molecule has 0 bridgehead atoms. The van der Waals surface area contributed by atoms with E-state index < -0.39 is 22.0 Å². The van der Waals surface area contributed by atoms with Gasteiger partial charge in [0.05, 0.1) is 13.4 Å². The van der Waals surface area contributed by atoms with Gasteiger partial charge in [-0.05, 0) is 18.8 Å². The molecule has 0 aliphatic carbocycles. The number of hydrogen-bond donors (Lipinski definition) is 1. The molecule has 0 radical (unpaired) electrons. The summed E-state index contributed by atoms with van der Waals surface area (Å²) in [6.45, 7) is 0.850. The highest BCUT2D eigenvalue weighted by Crippen LogP contribution is 2.21. The van der Waals surface area contributed by atoms with Crippen LogP contribution in [0.2, 0.25) is 0 Å². The minimum atomic E-state index is -3.12. The van der Waals surface area contributed by atoms with E-state index in [1.807, 2.05) is 0 Å². The van der Waals surface area contributed by atoms with Gasteiger partial charge in [0.15, 0.2) is 0 Å². The van der Waals surface area contributed by atoms with E-state index in [-0.39, 0.29) is 18.3 Å². The maximum Gasteiger partial charge on any atom is 0.322 e. The van der Waals surface area contributed by atoms with Gasteiger partial charge in [0.2, 0.25) is 10.0 Å². The molecule has 17 heavy (non-hydrogen) atoms. The van der Waals surface area contributed by atoms with E-state index in [0.29, 0.717) is 25.9 Å². The van der Waals surface area contributed by atoms with Gasteiger partial charge >= 0.3 is 5.97 Å². The van der Waals surface area contributed by atoms with Gasteiger partial charge in [-0.3, -0.25) is 4.79 Å². The molecule has 1 aliphatic rings. The number of halogens is 1. The van der Waals surface area contributed by atoms with Gasteiger partial charge in [-0.2, -0.15) is 0 Å². The molecule has 0 aromatic heterocycles. The van der Waals surface area contributed by atoms with Gasteiger partial charge in [-0.25, -0.2) is 12.7 Å². The fraction of sp³-hybridized carbons (Fsp3) is 0.889. The van der Waals surface area contributed by atoms with Crippen LogP contribution in [0.15, 0.2) is 0 Å². The lowest BCUT2D eigenvalue weighted by molar-refractivity contribution is -0.143. The molecule has 1 atom stereocenters. The van der Waals surface area contributed by atoms with Crippen molar-refractivity contribution in [3.8, 4) is 0 Å². The van der Waals surface area contributed by atoms with Gasteiger partial charge in [0.1, 0.15) is 6.04 Å². The van der Waals surface area contributed by atoms with Crippen LogP contribution in [0.1, 0.15) is 12.8 Å². The van der Waals surface area contributed by atoms with Crippen LogP contribution in [0, 0.1) is 5.92 Å². The molecule has 1 fully saturated rings. The van der Waals surface area contributed by atoms with Crippen LogP contribution in [-0.4, -0.2) is 51.2 Å². The second-order valence-corrected chi connectivity index (χ2v) is 6.03. The summed E-state index contributed by atoms with van der Waals surface area (Å²) >= 11 is 0. The highest BCUT2D eigenvalue weighted by atomic mass is 35.5. The Hall–Kier alpha value is -0.370. The lowest BCUT2D eigenvalue weighted by atomic mass is 9.91. The first kappa shape index (κ1) is 16.6. The zero-order chi connectivity index (χ0) is 12.3. The number of esters is 1. The van der Waals surface area contributed by atoms with E-state index in [9.17, 15) is 13.2 Å². The smallest absolute Gasteiger partial charge is 0.322 e. The monoisotopic (exact) mass is 286 g/mol. The maximum atomic E-state index is 11.3. The van der Waals surface area contributed by atoms with Gasteiger partial charge < -0.3 is 10.5 Å². The SMILES string of the molecule is COC(=O)C(N)C1CCN(S(C)(=O)=O)CC1.Cl. The van der Waals surface area contributed by atoms with Crippen molar-refractivity contribution in [2.24, 2.45) is 11.7 Å². The summed E-state index contributed by atoms with van der Waals surface area (Å²) in [5.41, 5.74) is 5.71. The molecule has 1 saturated heterocycles. The molecular weight excluding hydrogens is 268 g/mol. The second-order valence-electron chi connectivity index (χ2n) is 4.05. The Morgan fingerprint density at radius 3 is 2.24 bits per heavy atom. The molecule has 0 amide bonds. The number of hydrogen-bond acceptors (Lipinski definition) is 5. The summed E-state index contributed by atoms with van der Waals surface area (Å²) in [4.78, 5) is 11.2. The fourth-order valence-corrected chi connectivity index (χ4v) is 2.77. The summed E-state index contributed by atoms with van der Waals surface area (Å²) in [5.74, 6) is -0.428. The third-order valence-corrected chi connectivity index (χ3v) is 4.25. The Morgan fingerprint density at radius 1 is 1.41 bits per heavy atom. The molecule has 102 valence electrons. The zero-order valence-corrected chi connectivity index (χ0v) is 11.6. The summed E-state index contributed by atoms with van der Waals surface area (Å²) in [5, 5.41) is 0. The third-order valence-electron chi connectivity index (χ3n) is 2.95. The van der Waals surface area contributed by atoms with Crippen LogP contribution < -0.4 is 5.73 Å². The summed E-state index contributed by atoms with van der Waals surface area (Å²) in [6.07, 6.45) is 2.39. The molecule has 6 nitrogen and oxygen atoms in total. The van der Waals surface area contributed by atoms with E-state index >= 15 is 0 Å². The van der Waals surface area contributed by atoms with Gasteiger partial charge in [-0.15, -0.1) is 12.4 Å². The molecule has 0 spiro atoms. The van der Waals surface area contributed by atoms with Crippen LogP contribution in [0.4, 0.5) is 0 Å². The summed E-state index contributed by atoms with van der Waals surface area (Å²) in [6, 6.07) is -0.647. The van der Waals surface area contributed by atoms with Crippen molar-refractivity contribution >= 4 is 28.4 Å². The van der Waals surface area contributed by atoms with Crippen LogP contribution in [0.3, 0.4) is 0 Å². The van der Waals surface area contributed by atoms with Crippen molar-refractivity contribution in [2.75, 3.05) is 26.5 Å². The predicted octanol–water partition coefficient (Wildman–Crippen LogP) is -0.420. The molecule has 2 N–H and O–H groups in total. The number of rotatable bonds is 3. The van der Waals surface area contributed by atoms with E-state index in [0.717, 1.165) is 0 Å². The molecule has 0 saturated carbocycles. The van der Waals surface area contributed by atoms with E-state index in [4.69, 9.17) is 5.73 Å². The largest absolute Gasteiger partial charge is 0.468 e. The normalized spacial score (nSPS) is 20.4. The summed E-state index contributed by atoms with van der Waals surface area (Å²) < 4.78 is 28.5. The minimum Gasteiger partial charge on any atom is -0.468 e.